The van der Waals surface area contributed by atoms with Crippen molar-refractivity contribution < 1.29 is 38.0 Å². The van der Waals surface area contributed by atoms with E-state index in [2.05, 4.69) is 17.4 Å². The minimum Gasteiger partial charge on any atom is -0.444 e. The van der Waals surface area contributed by atoms with Gasteiger partial charge < -0.3 is 38.6 Å². The number of hydrogen-bond donors (Lipinski definition) is 1. The topological polar surface area (TPSA) is 105 Å². The molecule has 11 heteroatoms. The number of likely N-dealkylation sites (tertiary alicyclic amines) is 1. The maximum absolute atomic E-state index is 13.3. The summed E-state index contributed by atoms with van der Waals surface area (Å²) in [5.74, 6) is -0.0918. The lowest BCUT2D eigenvalue weighted by Crippen LogP contribution is -2.43. The zero-order chi connectivity index (χ0) is 29.6. The van der Waals surface area contributed by atoms with Crippen LogP contribution in [0.5, 0.6) is 0 Å². The summed E-state index contributed by atoms with van der Waals surface area (Å²) in [5.41, 5.74) is 1.29. The van der Waals surface area contributed by atoms with Crippen LogP contribution in [-0.2, 0) is 33.2 Å². The Morgan fingerprint density at radius 1 is 0.829 bits per heavy atom. The molecule has 1 aromatic rings. The standard InChI is InChI=1S/C30H49N3O8/c1-30(2,3)41-29(35)31-27(28(34)32-11-5-6-12-32)25-7-9-26(10-8-25)33(13-14-33)15-16-37-19-20-39-23-24-40-22-21-38-18-17-36-4/h7-10,27H,5-6,11-24H2,1-4H3/p+1. The number of quaternary nitrogens is 1. The molecule has 2 fully saturated rings. The zero-order valence-electron chi connectivity index (χ0n) is 25.4. The fourth-order valence-corrected chi connectivity index (χ4v) is 4.69. The highest BCUT2D eigenvalue weighted by atomic mass is 16.6. The van der Waals surface area contributed by atoms with Crippen molar-refractivity contribution in [1.29, 1.82) is 0 Å². The van der Waals surface area contributed by atoms with Crippen LogP contribution >= 0.6 is 0 Å². The highest BCUT2D eigenvalue weighted by Crippen LogP contribution is 2.33. The van der Waals surface area contributed by atoms with Gasteiger partial charge in [-0.3, -0.25) is 9.28 Å². The first-order valence-corrected chi connectivity index (χ1v) is 14.8. The van der Waals surface area contributed by atoms with Crippen LogP contribution in [0.1, 0.15) is 45.2 Å². The van der Waals surface area contributed by atoms with Crippen molar-refractivity contribution in [3.8, 4) is 0 Å². The molecular formula is C30H50N3O8+. The van der Waals surface area contributed by atoms with Crippen molar-refractivity contribution in [2.45, 2.75) is 45.3 Å². The van der Waals surface area contributed by atoms with E-state index in [-0.39, 0.29) is 5.91 Å². The molecule has 0 radical (unpaired) electrons. The molecule has 2 saturated heterocycles. The molecule has 3 rings (SSSR count). The molecule has 1 N–H and O–H groups in total. The summed E-state index contributed by atoms with van der Waals surface area (Å²) < 4.78 is 33.4. The maximum Gasteiger partial charge on any atom is 0.408 e. The third-order valence-electron chi connectivity index (χ3n) is 7.07. The van der Waals surface area contributed by atoms with Crippen LogP contribution in [0.15, 0.2) is 24.3 Å². The summed E-state index contributed by atoms with van der Waals surface area (Å²) >= 11 is 0. The molecule has 2 amide bonds. The van der Waals surface area contributed by atoms with Crippen LogP contribution in [0.4, 0.5) is 10.5 Å². The zero-order valence-corrected chi connectivity index (χ0v) is 25.4. The lowest BCUT2D eigenvalue weighted by Gasteiger charge is -2.27. The van der Waals surface area contributed by atoms with Gasteiger partial charge in [0, 0.05) is 20.2 Å². The van der Waals surface area contributed by atoms with E-state index in [9.17, 15) is 9.59 Å². The number of hydrogen-bond acceptors (Lipinski definition) is 8. The molecular weight excluding hydrogens is 530 g/mol. The molecule has 0 aromatic heterocycles. The molecule has 1 aromatic carbocycles. The normalized spacial score (nSPS) is 16.9. The Kier molecular flexibility index (Phi) is 13.8. The average molecular weight is 581 g/mol. The van der Waals surface area contributed by atoms with Crippen LogP contribution in [0.25, 0.3) is 0 Å². The number of rotatable bonds is 19. The van der Waals surface area contributed by atoms with E-state index in [1.807, 2.05) is 37.8 Å². The van der Waals surface area contributed by atoms with Crippen LogP contribution in [0, 0.1) is 0 Å². The Morgan fingerprint density at radius 2 is 1.34 bits per heavy atom. The number of carbonyl (C=O) groups excluding carboxylic acids is 2. The second-order valence-corrected chi connectivity index (χ2v) is 11.5. The number of amides is 2. The predicted molar refractivity (Wildman–Crippen MR) is 156 cm³/mol. The second kappa shape index (κ2) is 17.0. The van der Waals surface area contributed by atoms with Gasteiger partial charge in [-0.2, -0.15) is 0 Å². The summed E-state index contributed by atoms with van der Waals surface area (Å²) in [5, 5.41) is 2.82. The van der Waals surface area contributed by atoms with Crippen molar-refractivity contribution >= 4 is 17.7 Å². The van der Waals surface area contributed by atoms with Gasteiger partial charge in [-0.25, -0.2) is 4.79 Å². The monoisotopic (exact) mass is 580 g/mol. The maximum atomic E-state index is 13.3. The average Bonchev–Trinajstić information content (AvgIpc) is 3.52. The number of carbonyl (C=O) groups is 2. The van der Waals surface area contributed by atoms with Gasteiger partial charge in [0.2, 0.25) is 5.91 Å². The quantitative estimate of drug-likeness (QED) is 0.151. The summed E-state index contributed by atoms with van der Waals surface area (Å²) in [6, 6.07) is 7.25. The first-order valence-electron chi connectivity index (χ1n) is 14.8. The molecule has 0 spiro atoms. The third kappa shape index (κ3) is 11.9. The van der Waals surface area contributed by atoms with Crippen LogP contribution in [0.2, 0.25) is 0 Å². The van der Waals surface area contributed by atoms with E-state index >= 15 is 0 Å². The van der Waals surface area contributed by atoms with E-state index in [1.54, 1.807) is 7.11 Å². The SMILES string of the molecule is COCCOCCOCCOCCOCC[N+]1(c2ccc(C(NC(=O)OC(C)(C)C)C(=O)N3CCCC3)cc2)CC1. The number of methoxy groups -OCH3 is 1. The Balaban J connectivity index is 1.39. The number of benzene rings is 1. The minimum atomic E-state index is -0.775. The number of alkyl carbamates (subject to hydrolysis) is 1. The van der Waals surface area contributed by atoms with Gasteiger partial charge in [0.25, 0.3) is 0 Å². The van der Waals surface area contributed by atoms with Crippen molar-refractivity contribution in [1.82, 2.24) is 14.7 Å². The van der Waals surface area contributed by atoms with Crippen molar-refractivity contribution in [2.24, 2.45) is 0 Å². The number of nitrogens with zero attached hydrogens (tertiary/aromatic N) is 2. The molecule has 2 aliphatic heterocycles. The van der Waals surface area contributed by atoms with E-state index in [0.29, 0.717) is 72.6 Å². The van der Waals surface area contributed by atoms with Crippen molar-refractivity contribution in [3.63, 3.8) is 0 Å². The van der Waals surface area contributed by atoms with E-state index in [1.165, 1.54) is 5.69 Å². The molecule has 41 heavy (non-hydrogen) atoms. The van der Waals surface area contributed by atoms with Crippen molar-refractivity contribution in [2.75, 3.05) is 99.3 Å². The summed E-state index contributed by atoms with van der Waals surface area (Å²) in [6.45, 7) is 14.8. The molecule has 11 nitrogen and oxygen atoms in total. The molecule has 232 valence electrons. The Morgan fingerprint density at radius 3 is 1.83 bits per heavy atom. The van der Waals surface area contributed by atoms with Crippen LogP contribution < -0.4 is 9.80 Å². The van der Waals surface area contributed by atoms with Gasteiger partial charge >= 0.3 is 6.09 Å². The number of nitrogens with one attached hydrogen (secondary N) is 1. The highest BCUT2D eigenvalue weighted by molar-refractivity contribution is 5.87. The van der Waals surface area contributed by atoms with Crippen LogP contribution in [-0.4, -0.2) is 122 Å². The van der Waals surface area contributed by atoms with Gasteiger partial charge in [0.15, 0.2) is 0 Å². The van der Waals surface area contributed by atoms with Crippen molar-refractivity contribution in [3.05, 3.63) is 29.8 Å². The minimum absolute atomic E-state index is 0.0918. The molecule has 2 heterocycles. The summed E-state index contributed by atoms with van der Waals surface area (Å²) in [4.78, 5) is 27.7. The Bertz CT molecular complexity index is 911. The third-order valence-corrected chi connectivity index (χ3v) is 7.07. The lowest BCUT2D eigenvalue weighted by molar-refractivity contribution is -0.132. The Labute approximate surface area is 244 Å². The first-order chi connectivity index (χ1) is 19.7. The smallest absolute Gasteiger partial charge is 0.408 e. The molecule has 0 bridgehead atoms. The van der Waals surface area contributed by atoms with Gasteiger partial charge in [0.1, 0.15) is 37.0 Å². The predicted octanol–water partition coefficient (Wildman–Crippen LogP) is 2.91. The highest BCUT2D eigenvalue weighted by Gasteiger charge is 2.44. The fraction of sp³-hybridized carbons (Fsp3) is 0.733. The van der Waals surface area contributed by atoms with E-state index < -0.39 is 17.7 Å². The van der Waals surface area contributed by atoms with Gasteiger partial charge in [-0.05, 0) is 51.3 Å². The van der Waals surface area contributed by atoms with Gasteiger partial charge in [-0.1, -0.05) is 12.1 Å². The van der Waals surface area contributed by atoms with Gasteiger partial charge in [-0.15, -0.1) is 0 Å². The van der Waals surface area contributed by atoms with E-state index in [0.717, 1.165) is 42.5 Å². The second-order valence-electron chi connectivity index (χ2n) is 11.5. The number of ether oxygens (including phenoxy) is 6. The molecule has 1 unspecified atom stereocenters. The first kappa shape index (κ1) is 33.2. The molecule has 2 aliphatic rings. The Hall–Kier alpha value is -2.28. The lowest BCUT2D eigenvalue weighted by atomic mass is 10.0. The largest absolute Gasteiger partial charge is 0.444 e. The van der Waals surface area contributed by atoms with E-state index in [4.69, 9.17) is 28.4 Å². The molecule has 0 saturated carbocycles. The summed E-state index contributed by atoms with van der Waals surface area (Å²) in [6.07, 6.45) is 1.38. The fourth-order valence-electron chi connectivity index (χ4n) is 4.69. The van der Waals surface area contributed by atoms with Gasteiger partial charge in [0.05, 0.1) is 59.5 Å². The summed E-state index contributed by atoms with van der Waals surface area (Å²) in [7, 11) is 1.65. The van der Waals surface area contributed by atoms with Crippen LogP contribution in [0.3, 0.4) is 0 Å². The molecule has 0 aliphatic carbocycles. The molecule has 1 atom stereocenters.